The Labute approximate surface area is 215 Å². The van der Waals surface area contributed by atoms with Gasteiger partial charge >= 0.3 is 13.2 Å². The molecular weight excluding hydrogens is 461 g/mol. The van der Waals surface area contributed by atoms with Gasteiger partial charge in [-0.15, -0.1) is 0 Å². The molecule has 3 rings (SSSR count). The Kier molecular flexibility index (Phi) is 7.96. The van der Waals surface area contributed by atoms with Crippen molar-refractivity contribution in [3.8, 4) is 0 Å². The third kappa shape index (κ3) is 6.29. The van der Waals surface area contributed by atoms with Gasteiger partial charge in [0.1, 0.15) is 11.6 Å². The predicted octanol–water partition coefficient (Wildman–Crippen LogP) is 2.36. The van der Waals surface area contributed by atoms with Crippen LogP contribution in [0.4, 0.5) is 10.7 Å². The smallest absolute Gasteiger partial charge is 0.444 e. The molecule has 2 aliphatic heterocycles. The van der Waals surface area contributed by atoms with Crippen LogP contribution in [0.25, 0.3) is 0 Å². The first-order chi connectivity index (χ1) is 16.5. The van der Waals surface area contributed by atoms with Crippen LogP contribution in [0, 0.1) is 5.92 Å². The summed E-state index contributed by atoms with van der Waals surface area (Å²) in [5.41, 5.74) is -0.723. The second-order valence-corrected chi connectivity index (χ2v) is 12.1. The first kappa shape index (κ1) is 28.2. The molecule has 2 aliphatic rings. The lowest BCUT2D eigenvalue weighted by molar-refractivity contribution is -0.135. The van der Waals surface area contributed by atoms with E-state index < -0.39 is 36.1 Å². The molecule has 2 saturated heterocycles. The average molecular weight is 503 g/mol. The van der Waals surface area contributed by atoms with Crippen molar-refractivity contribution in [2.24, 2.45) is 5.92 Å². The second-order valence-electron chi connectivity index (χ2n) is 12.1. The number of anilines is 1. The topological polar surface area (TPSA) is 106 Å². The van der Waals surface area contributed by atoms with E-state index in [4.69, 9.17) is 14.0 Å². The number of aromatic nitrogens is 2. The summed E-state index contributed by atoms with van der Waals surface area (Å²) in [5, 5.41) is 2.76. The maximum atomic E-state index is 13.3. The standard InChI is InChI=1S/C25H42BN5O5/c1-16(2)19(29-22(33)34-23(4,5)6)20(32)30-11-12-31(17(3)15-30)21-27-13-18(14-28-21)26-35-24(7,8)25(9,10)36-26/h13-14,16-17,19H,11-12,15H2,1-10H3,(H,29,33)/t17-,19+/m0/s1. The summed E-state index contributed by atoms with van der Waals surface area (Å²) in [6.07, 6.45) is 2.90. The first-order valence-electron chi connectivity index (χ1n) is 12.7. The van der Waals surface area contributed by atoms with Crippen LogP contribution in [-0.4, -0.2) is 82.5 Å². The molecule has 200 valence electrons. The van der Waals surface area contributed by atoms with Gasteiger partial charge in [-0.2, -0.15) is 0 Å². The van der Waals surface area contributed by atoms with Gasteiger partial charge < -0.3 is 29.2 Å². The van der Waals surface area contributed by atoms with Crippen molar-refractivity contribution >= 4 is 30.5 Å². The number of piperazine rings is 1. The SMILES string of the molecule is CC(C)[C@@H](NC(=O)OC(C)(C)C)C(=O)N1CCN(c2ncc(B3OC(C)(C)C(C)(C)O3)cn2)[C@@H](C)C1. The molecule has 0 aliphatic carbocycles. The van der Waals surface area contributed by atoms with Crippen LogP contribution in [0.2, 0.25) is 0 Å². The zero-order chi connectivity index (χ0) is 27.1. The van der Waals surface area contributed by atoms with Crippen LogP contribution < -0.4 is 15.7 Å². The maximum Gasteiger partial charge on any atom is 0.498 e. The Hall–Kier alpha value is -2.40. The van der Waals surface area contributed by atoms with E-state index in [1.807, 2.05) is 48.5 Å². The van der Waals surface area contributed by atoms with Crippen LogP contribution in [-0.2, 0) is 18.8 Å². The summed E-state index contributed by atoms with van der Waals surface area (Å²) in [6.45, 7) is 20.9. The van der Waals surface area contributed by atoms with Crippen LogP contribution in [0.15, 0.2) is 12.4 Å². The van der Waals surface area contributed by atoms with Crippen molar-refractivity contribution in [2.45, 2.75) is 98.1 Å². The molecule has 0 aromatic carbocycles. The van der Waals surface area contributed by atoms with E-state index in [-0.39, 0.29) is 17.9 Å². The number of carbonyl (C=O) groups is 2. The molecule has 10 nitrogen and oxygen atoms in total. The molecule has 0 saturated carbocycles. The van der Waals surface area contributed by atoms with E-state index in [0.29, 0.717) is 25.6 Å². The van der Waals surface area contributed by atoms with Crippen molar-refractivity contribution in [2.75, 3.05) is 24.5 Å². The van der Waals surface area contributed by atoms with Gasteiger partial charge in [-0.05, 0) is 61.3 Å². The summed E-state index contributed by atoms with van der Waals surface area (Å²) in [7, 11) is -0.513. The molecule has 2 fully saturated rings. The summed E-state index contributed by atoms with van der Waals surface area (Å²) in [4.78, 5) is 38.6. The zero-order valence-electron chi connectivity index (χ0n) is 23.4. The number of alkyl carbamates (subject to hydrolysis) is 1. The lowest BCUT2D eigenvalue weighted by Crippen LogP contribution is -2.59. The highest BCUT2D eigenvalue weighted by molar-refractivity contribution is 6.61. The third-order valence-corrected chi connectivity index (χ3v) is 6.98. The molecule has 11 heteroatoms. The lowest BCUT2D eigenvalue weighted by Gasteiger charge is -2.41. The van der Waals surface area contributed by atoms with Gasteiger partial charge in [0.25, 0.3) is 0 Å². The van der Waals surface area contributed by atoms with Gasteiger partial charge in [-0.3, -0.25) is 4.79 Å². The number of nitrogens with zero attached hydrogens (tertiary/aromatic N) is 4. The summed E-state index contributed by atoms with van der Waals surface area (Å²) >= 11 is 0. The number of nitrogens with one attached hydrogen (secondary N) is 1. The van der Waals surface area contributed by atoms with Crippen molar-refractivity contribution in [3.05, 3.63) is 12.4 Å². The number of hydrogen-bond acceptors (Lipinski definition) is 8. The van der Waals surface area contributed by atoms with Gasteiger partial charge in [0, 0.05) is 43.5 Å². The molecule has 1 aromatic rings. The van der Waals surface area contributed by atoms with E-state index in [1.54, 1.807) is 38.1 Å². The van der Waals surface area contributed by atoms with Crippen molar-refractivity contribution in [1.82, 2.24) is 20.2 Å². The minimum Gasteiger partial charge on any atom is -0.444 e. The molecular formula is C25H42BN5O5. The molecule has 2 atom stereocenters. The fourth-order valence-electron chi connectivity index (χ4n) is 4.18. The van der Waals surface area contributed by atoms with Crippen molar-refractivity contribution < 1.29 is 23.6 Å². The maximum absolute atomic E-state index is 13.3. The van der Waals surface area contributed by atoms with E-state index >= 15 is 0 Å². The fourth-order valence-corrected chi connectivity index (χ4v) is 4.18. The minimum absolute atomic E-state index is 0.000244. The summed E-state index contributed by atoms with van der Waals surface area (Å²) in [5.74, 6) is 0.408. The number of ether oxygens (including phenoxy) is 1. The van der Waals surface area contributed by atoms with Gasteiger partial charge in [0.2, 0.25) is 11.9 Å². The molecule has 0 unspecified atom stereocenters. The van der Waals surface area contributed by atoms with Crippen LogP contribution in [0.3, 0.4) is 0 Å². The molecule has 3 heterocycles. The predicted molar refractivity (Wildman–Crippen MR) is 139 cm³/mol. The first-order valence-corrected chi connectivity index (χ1v) is 12.7. The minimum atomic E-state index is -0.658. The second kappa shape index (κ2) is 10.2. The summed E-state index contributed by atoms with van der Waals surface area (Å²) in [6, 6.07) is -0.659. The van der Waals surface area contributed by atoms with Gasteiger partial charge in [0.05, 0.1) is 11.2 Å². The van der Waals surface area contributed by atoms with E-state index in [9.17, 15) is 9.59 Å². The van der Waals surface area contributed by atoms with Crippen LogP contribution in [0.1, 0.15) is 69.2 Å². The highest BCUT2D eigenvalue weighted by Gasteiger charge is 2.52. The largest absolute Gasteiger partial charge is 0.498 e. The normalized spacial score (nSPS) is 22.5. The van der Waals surface area contributed by atoms with E-state index in [1.165, 1.54) is 0 Å². The highest BCUT2D eigenvalue weighted by Crippen LogP contribution is 2.36. The Balaban J connectivity index is 1.62. The Morgan fingerprint density at radius 1 is 1.11 bits per heavy atom. The quantitative estimate of drug-likeness (QED) is 0.611. The number of hydrogen-bond donors (Lipinski definition) is 1. The lowest BCUT2D eigenvalue weighted by atomic mass is 9.81. The Bertz CT molecular complexity index is 931. The van der Waals surface area contributed by atoms with Crippen LogP contribution in [0.5, 0.6) is 0 Å². The van der Waals surface area contributed by atoms with Gasteiger partial charge in [-0.25, -0.2) is 14.8 Å². The van der Waals surface area contributed by atoms with E-state index in [2.05, 4.69) is 20.2 Å². The zero-order valence-corrected chi connectivity index (χ0v) is 23.4. The molecule has 36 heavy (non-hydrogen) atoms. The van der Waals surface area contributed by atoms with Crippen LogP contribution >= 0.6 is 0 Å². The molecule has 1 N–H and O–H groups in total. The van der Waals surface area contributed by atoms with Gasteiger partial charge in [0.15, 0.2) is 0 Å². The molecule has 0 spiro atoms. The number of carbonyl (C=O) groups excluding carboxylic acids is 2. The number of amides is 2. The molecule has 2 amide bonds. The highest BCUT2D eigenvalue weighted by atomic mass is 16.7. The van der Waals surface area contributed by atoms with Gasteiger partial charge in [-0.1, -0.05) is 13.8 Å². The molecule has 0 radical (unpaired) electrons. The monoisotopic (exact) mass is 503 g/mol. The number of rotatable bonds is 5. The molecule has 0 bridgehead atoms. The Morgan fingerprint density at radius 3 is 2.14 bits per heavy atom. The average Bonchev–Trinajstić information content (AvgIpc) is 2.97. The van der Waals surface area contributed by atoms with Crippen molar-refractivity contribution in [1.29, 1.82) is 0 Å². The molecule has 1 aromatic heterocycles. The third-order valence-electron chi connectivity index (χ3n) is 6.98. The van der Waals surface area contributed by atoms with Crippen molar-refractivity contribution in [3.63, 3.8) is 0 Å². The Morgan fingerprint density at radius 2 is 1.67 bits per heavy atom. The van der Waals surface area contributed by atoms with E-state index in [0.717, 1.165) is 5.46 Å². The fraction of sp³-hybridized carbons (Fsp3) is 0.760. The summed E-state index contributed by atoms with van der Waals surface area (Å²) < 4.78 is 17.5.